The Labute approximate surface area is 96.3 Å². The number of rotatable bonds is 2. The van der Waals surface area contributed by atoms with Crippen LogP contribution in [0, 0.1) is 5.92 Å². The number of likely N-dealkylation sites (tertiary alicyclic amines) is 1. The standard InChI is InChI=1S/C10H15NO4S/c12-9-5-7(10(13)14)6-11(9)8-1-3-16(15)4-2-8/h7-8H,1-6H2,(H,13,14). The molecule has 1 amide bonds. The van der Waals surface area contributed by atoms with Crippen LogP contribution in [0.2, 0.25) is 0 Å². The number of carboxylic acids is 1. The molecule has 1 N–H and O–H groups in total. The molecule has 6 heteroatoms. The second-order valence-corrected chi connectivity index (χ2v) is 6.06. The molecule has 2 heterocycles. The lowest BCUT2D eigenvalue weighted by Crippen LogP contribution is -2.41. The summed E-state index contributed by atoms with van der Waals surface area (Å²) < 4.78 is 11.2. The molecule has 16 heavy (non-hydrogen) atoms. The molecule has 1 unspecified atom stereocenters. The number of amides is 1. The molecule has 2 fully saturated rings. The molecule has 2 saturated heterocycles. The molecule has 0 aromatic carbocycles. The zero-order valence-corrected chi connectivity index (χ0v) is 9.74. The van der Waals surface area contributed by atoms with Crippen LogP contribution < -0.4 is 0 Å². The Hall–Kier alpha value is -0.910. The number of carbonyl (C=O) groups excluding carboxylic acids is 1. The molecule has 0 aromatic heterocycles. The normalized spacial score (nSPS) is 35.4. The van der Waals surface area contributed by atoms with Gasteiger partial charge in [0.25, 0.3) is 0 Å². The van der Waals surface area contributed by atoms with Gasteiger partial charge >= 0.3 is 5.97 Å². The molecule has 1 atom stereocenters. The van der Waals surface area contributed by atoms with Crippen LogP contribution in [-0.2, 0) is 20.4 Å². The maximum atomic E-state index is 11.7. The van der Waals surface area contributed by atoms with E-state index in [1.807, 2.05) is 0 Å². The van der Waals surface area contributed by atoms with E-state index in [1.165, 1.54) is 0 Å². The zero-order valence-electron chi connectivity index (χ0n) is 8.92. The summed E-state index contributed by atoms with van der Waals surface area (Å²) in [5.41, 5.74) is 0. The van der Waals surface area contributed by atoms with E-state index in [2.05, 4.69) is 0 Å². The summed E-state index contributed by atoms with van der Waals surface area (Å²) in [5, 5.41) is 8.86. The summed E-state index contributed by atoms with van der Waals surface area (Å²) in [6.07, 6.45) is 1.60. The highest BCUT2D eigenvalue weighted by Gasteiger charge is 2.38. The average Bonchev–Trinajstić information content (AvgIpc) is 2.62. The van der Waals surface area contributed by atoms with Gasteiger partial charge in [0, 0.05) is 41.3 Å². The monoisotopic (exact) mass is 245 g/mol. The maximum Gasteiger partial charge on any atom is 0.308 e. The third kappa shape index (κ3) is 2.26. The van der Waals surface area contributed by atoms with Crippen molar-refractivity contribution in [2.75, 3.05) is 18.1 Å². The molecule has 90 valence electrons. The fourth-order valence-electron chi connectivity index (χ4n) is 2.34. The number of carboxylic acid groups (broad SMARTS) is 1. The van der Waals surface area contributed by atoms with Crippen LogP contribution in [0.4, 0.5) is 0 Å². The fourth-order valence-corrected chi connectivity index (χ4v) is 3.62. The third-order valence-electron chi connectivity index (χ3n) is 3.31. The predicted molar refractivity (Wildman–Crippen MR) is 58.4 cm³/mol. The lowest BCUT2D eigenvalue weighted by Gasteiger charge is -2.30. The van der Waals surface area contributed by atoms with Crippen LogP contribution in [0.3, 0.4) is 0 Å². The van der Waals surface area contributed by atoms with Gasteiger partial charge in [-0.05, 0) is 12.8 Å². The van der Waals surface area contributed by atoms with E-state index in [1.54, 1.807) is 4.90 Å². The molecule has 0 bridgehead atoms. The van der Waals surface area contributed by atoms with Crippen LogP contribution in [0.5, 0.6) is 0 Å². The van der Waals surface area contributed by atoms with Gasteiger partial charge in [-0.1, -0.05) is 0 Å². The first-order chi connectivity index (χ1) is 7.58. The van der Waals surface area contributed by atoms with Crippen molar-refractivity contribution in [3.63, 3.8) is 0 Å². The van der Waals surface area contributed by atoms with Gasteiger partial charge in [0.2, 0.25) is 5.91 Å². The molecular formula is C10H15NO4S. The second kappa shape index (κ2) is 4.53. The van der Waals surface area contributed by atoms with Crippen molar-refractivity contribution in [2.24, 2.45) is 5.92 Å². The maximum absolute atomic E-state index is 11.7. The van der Waals surface area contributed by atoms with Crippen LogP contribution in [0.25, 0.3) is 0 Å². The highest BCUT2D eigenvalue weighted by molar-refractivity contribution is 7.85. The quantitative estimate of drug-likeness (QED) is 0.733. The Morgan fingerprint density at radius 3 is 2.50 bits per heavy atom. The molecule has 0 spiro atoms. The second-order valence-electron chi connectivity index (χ2n) is 4.36. The zero-order chi connectivity index (χ0) is 11.7. The summed E-state index contributed by atoms with van der Waals surface area (Å²) in [6, 6.07) is 0.106. The summed E-state index contributed by atoms with van der Waals surface area (Å²) in [7, 11) is -0.744. The van der Waals surface area contributed by atoms with E-state index in [0.717, 1.165) is 12.8 Å². The van der Waals surface area contributed by atoms with Crippen molar-refractivity contribution in [3.8, 4) is 0 Å². The van der Waals surface area contributed by atoms with Crippen LogP contribution in [0.15, 0.2) is 0 Å². The predicted octanol–water partition coefficient (Wildman–Crippen LogP) is -0.169. The Morgan fingerprint density at radius 1 is 1.38 bits per heavy atom. The summed E-state index contributed by atoms with van der Waals surface area (Å²) in [5.74, 6) is -0.251. The van der Waals surface area contributed by atoms with Crippen molar-refractivity contribution in [1.29, 1.82) is 0 Å². The van der Waals surface area contributed by atoms with Crippen molar-refractivity contribution in [1.82, 2.24) is 4.90 Å². The topological polar surface area (TPSA) is 74.7 Å². The molecular weight excluding hydrogens is 230 g/mol. The van der Waals surface area contributed by atoms with Gasteiger partial charge in [0.1, 0.15) is 0 Å². The molecule has 2 aliphatic heterocycles. The molecule has 2 rings (SSSR count). The number of nitrogens with zero attached hydrogens (tertiary/aromatic N) is 1. The summed E-state index contributed by atoms with van der Waals surface area (Å²) >= 11 is 0. The van der Waals surface area contributed by atoms with E-state index in [0.29, 0.717) is 18.1 Å². The third-order valence-corrected chi connectivity index (χ3v) is 4.69. The minimum Gasteiger partial charge on any atom is -0.481 e. The highest BCUT2D eigenvalue weighted by Crippen LogP contribution is 2.25. The minimum atomic E-state index is -0.893. The van der Waals surface area contributed by atoms with E-state index < -0.39 is 22.7 Å². The lowest BCUT2D eigenvalue weighted by atomic mass is 10.1. The van der Waals surface area contributed by atoms with E-state index in [9.17, 15) is 13.8 Å². The van der Waals surface area contributed by atoms with Crippen LogP contribution in [-0.4, -0.2) is 50.2 Å². The Balaban J connectivity index is 1.97. The number of aliphatic carboxylic acids is 1. The lowest BCUT2D eigenvalue weighted by molar-refractivity contribution is -0.141. The number of hydrogen-bond acceptors (Lipinski definition) is 3. The first kappa shape index (κ1) is 11.6. The summed E-state index contributed by atoms with van der Waals surface area (Å²) in [6.45, 7) is 0.325. The minimum absolute atomic E-state index is 0.0647. The number of carbonyl (C=O) groups is 2. The van der Waals surface area contributed by atoms with Crippen molar-refractivity contribution < 1.29 is 18.9 Å². The van der Waals surface area contributed by atoms with Gasteiger partial charge in [-0.2, -0.15) is 0 Å². The smallest absolute Gasteiger partial charge is 0.308 e. The van der Waals surface area contributed by atoms with Crippen molar-refractivity contribution in [3.05, 3.63) is 0 Å². The van der Waals surface area contributed by atoms with Crippen molar-refractivity contribution in [2.45, 2.75) is 25.3 Å². The Morgan fingerprint density at radius 2 is 2.00 bits per heavy atom. The van der Waals surface area contributed by atoms with Gasteiger partial charge in [0.05, 0.1) is 5.92 Å². The van der Waals surface area contributed by atoms with Crippen LogP contribution >= 0.6 is 0 Å². The van der Waals surface area contributed by atoms with E-state index in [-0.39, 0.29) is 18.4 Å². The molecule has 0 aromatic rings. The van der Waals surface area contributed by atoms with Gasteiger partial charge in [0.15, 0.2) is 0 Å². The largest absolute Gasteiger partial charge is 0.481 e. The van der Waals surface area contributed by atoms with E-state index in [4.69, 9.17) is 5.11 Å². The first-order valence-corrected chi connectivity index (χ1v) is 6.94. The Bertz CT molecular complexity index is 334. The summed E-state index contributed by atoms with van der Waals surface area (Å²) in [4.78, 5) is 24.1. The Kier molecular flexibility index (Phi) is 3.28. The van der Waals surface area contributed by atoms with Gasteiger partial charge in [-0.3, -0.25) is 13.8 Å². The van der Waals surface area contributed by atoms with Gasteiger partial charge < -0.3 is 10.0 Å². The highest BCUT2D eigenvalue weighted by atomic mass is 32.2. The fraction of sp³-hybridized carbons (Fsp3) is 0.800. The van der Waals surface area contributed by atoms with Crippen LogP contribution in [0.1, 0.15) is 19.3 Å². The SMILES string of the molecule is O=C(O)C1CC(=O)N(C2CCS(=O)CC2)C1. The number of hydrogen-bond donors (Lipinski definition) is 1. The van der Waals surface area contributed by atoms with E-state index >= 15 is 0 Å². The molecule has 0 radical (unpaired) electrons. The molecule has 2 aliphatic rings. The van der Waals surface area contributed by atoms with Gasteiger partial charge in [-0.25, -0.2) is 0 Å². The molecule has 0 aliphatic carbocycles. The molecule has 5 nitrogen and oxygen atoms in total. The van der Waals surface area contributed by atoms with Crippen molar-refractivity contribution >= 4 is 22.7 Å². The first-order valence-electron chi connectivity index (χ1n) is 5.45. The average molecular weight is 245 g/mol. The van der Waals surface area contributed by atoms with Gasteiger partial charge in [-0.15, -0.1) is 0 Å². The molecule has 0 saturated carbocycles.